The first-order valence-corrected chi connectivity index (χ1v) is 12.3. The van der Waals surface area contributed by atoms with Crippen molar-refractivity contribution in [3.8, 4) is 22.6 Å². The molecule has 1 unspecified atom stereocenters. The Morgan fingerprint density at radius 1 is 1.19 bits per heavy atom. The third-order valence-corrected chi connectivity index (χ3v) is 6.12. The number of phosphoric acid groups is 1. The van der Waals surface area contributed by atoms with Gasteiger partial charge in [-0.05, 0) is 42.3 Å². The zero-order valence-electron chi connectivity index (χ0n) is 18.5. The first kappa shape index (κ1) is 25.2. The Hall–Kier alpha value is -3.46. The molecule has 2 fully saturated rings. The van der Waals surface area contributed by atoms with Crippen LogP contribution in [0.15, 0.2) is 36.5 Å². The van der Waals surface area contributed by atoms with E-state index in [2.05, 4.69) is 29.7 Å². The van der Waals surface area contributed by atoms with E-state index in [1.165, 1.54) is 23.1 Å². The van der Waals surface area contributed by atoms with Gasteiger partial charge in [-0.25, -0.2) is 13.8 Å². The highest BCUT2D eigenvalue weighted by atomic mass is 31.2. The van der Waals surface area contributed by atoms with Gasteiger partial charge >= 0.3 is 20.1 Å². The van der Waals surface area contributed by atoms with Gasteiger partial charge in [0.25, 0.3) is 0 Å². The Kier molecular flexibility index (Phi) is 6.22. The molecule has 3 heterocycles. The molecule has 2 aliphatic rings. The average Bonchev–Trinajstić information content (AvgIpc) is 3.42. The number of hydrogen-bond acceptors (Lipinski definition) is 8. The second-order valence-electron chi connectivity index (χ2n) is 8.35. The van der Waals surface area contributed by atoms with Crippen LogP contribution in [0.25, 0.3) is 22.6 Å². The molecule has 1 saturated carbocycles. The van der Waals surface area contributed by atoms with Crippen LogP contribution >= 0.6 is 7.82 Å². The average molecular weight is 544 g/mol. The number of amides is 1. The molecule has 2 N–H and O–H groups in total. The number of pyridine rings is 1. The number of tetrazole rings is 1. The highest BCUT2D eigenvalue weighted by molar-refractivity contribution is 7.46. The molecule has 1 aliphatic heterocycles. The Morgan fingerprint density at radius 2 is 1.95 bits per heavy atom. The molecule has 196 valence electrons. The minimum atomic E-state index is -5.56. The van der Waals surface area contributed by atoms with Crippen LogP contribution in [-0.4, -0.2) is 66.0 Å². The summed E-state index contributed by atoms with van der Waals surface area (Å²) in [5, 5.41) is 12.2. The van der Waals surface area contributed by atoms with Crippen molar-refractivity contribution < 1.29 is 46.0 Å². The maximum absolute atomic E-state index is 15.0. The Bertz CT molecular complexity index is 1380. The van der Waals surface area contributed by atoms with Crippen molar-refractivity contribution in [2.24, 2.45) is 0 Å². The number of ether oxygens (including phenoxy) is 1. The molecule has 1 saturated heterocycles. The minimum absolute atomic E-state index is 0.0968. The smallest absolute Gasteiger partial charge is 0.441 e. The zero-order valence-corrected chi connectivity index (χ0v) is 19.4. The predicted molar refractivity (Wildman–Crippen MR) is 115 cm³/mol. The van der Waals surface area contributed by atoms with Crippen molar-refractivity contribution in [2.45, 2.75) is 37.3 Å². The lowest BCUT2D eigenvalue weighted by atomic mass is 10.1. The molecule has 37 heavy (non-hydrogen) atoms. The quantitative estimate of drug-likeness (QED) is 0.335. The summed E-state index contributed by atoms with van der Waals surface area (Å²) in [6.45, 7) is -0.785. The number of alkyl halides is 3. The number of cyclic esters (lactones) is 1. The number of hydrogen-bond donors (Lipinski definition) is 2. The van der Waals surface area contributed by atoms with Gasteiger partial charge in [-0.2, -0.15) is 18.0 Å². The van der Waals surface area contributed by atoms with Crippen LogP contribution in [0.1, 0.15) is 18.9 Å². The molecule has 2 atom stereocenters. The maximum Gasteiger partial charge on any atom is 0.470 e. The number of halogens is 4. The molecular formula is C20H17F4N6O6P. The number of rotatable bonds is 7. The molecule has 0 bridgehead atoms. The predicted octanol–water partition coefficient (Wildman–Crippen LogP) is 3.24. The molecule has 1 amide bonds. The fourth-order valence-electron chi connectivity index (χ4n) is 3.72. The Balaban J connectivity index is 1.33. The zero-order chi connectivity index (χ0) is 26.5. The third kappa shape index (κ3) is 5.46. The maximum atomic E-state index is 15.0. The van der Waals surface area contributed by atoms with E-state index < -0.39 is 44.7 Å². The number of anilines is 1. The molecule has 5 rings (SSSR count). The van der Waals surface area contributed by atoms with Crippen LogP contribution in [0, 0.1) is 5.82 Å². The lowest BCUT2D eigenvalue weighted by Crippen LogP contribution is -2.43. The van der Waals surface area contributed by atoms with E-state index in [-0.39, 0.29) is 17.3 Å². The molecule has 0 radical (unpaired) electrons. The van der Waals surface area contributed by atoms with Gasteiger partial charge < -0.3 is 14.5 Å². The molecule has 1 aromatic carbocycles. The normalized spacial score (nSPS) is 19.2. The van der Waals surface area contributed by atoms with E-state index in [0.717, 1.165) is 18.9 Å². The second kappa shape index (κ2) is 9.13. The number of carbonyl (C=O) groups excluding carboxylic acids is 1. The number of nitrogens with zero attached hydrogens (tertiary/aromatic N) is 6. The van der Waals surface area contributed by atoms with Gasteiger partial charge in [0.2, 0.25) is 11.9 Å². The largest absolute Gasteiger partial charge is 0.470 e. The van der Waals surface area contributed by atoms with E-state index in [0.29, 0.717) is 22.0 Å². The minimum Gasteiger partial charge on any atom is -0.441 e. The van der Waals surface area contributed by atoms with Gasteiger partial charge in [0.1, 0.15) is 11.5 Å². The monoisotopic (exact) mass is 544 g/mol. The highest BCUT2D eigenvalue weighted by Gasteiger charge is 2.54. The molecule has 1 aliphatic carbocycles. The van der Waals surface area contributed by atoms with Crippen molar-refractivity contribution in [3.05, 3.63) is 42.3 Å². The summed E-state index contributed by atoms with van der Waals surface area (Å²) < 4.78 is 74.2. The summed E-state index contributed by atoms with van der Waals surface area (Å²) in [6.07, 6.45) is -8.34. The SMILES string of the molecule is O=C1O[C@@H](C(OP(=O)(O)O)C(F)(F)F)CN1c1ccc(-c2ccc(-c3nnn(C4CC4)n3)nc2)c(F)c1. The van der Waals surface area contributed by atoms with Gasteiger partial charge in [-0.1, -0.05) is 6.07 Å². The standard InChI is InChI=1S/C20H17F4N6O6P/c21-14-7-12(29-9-16(35-19(29)31)17(20(22,23)24)36-37(32,33)34)4-5-13(14)10-1-6-15(25-8-10)18-26-28-30(27-18)11-2-3-11/h1,4-8,11,16-17H,2-3,9H2,(H2,32,33,34)/t16-,17?/m1/s1. The first-order chi connectivity index (χ1) is 17.4. The fourth-order valence-corrected chi connectivity index (χ4v) is 4.27. The van der Waals surface area contributed by atoms with Crippen LogP contribution in [0.2, 0.25) is 0 Å². The van der Waals surface area contributed by atoms with Crippen LogP contribution < -0.4 is 4.90 Å². The van der Waals surface area contributed by atoms with E-state index in [1.807, 2.05) is 0 Å². The van der Waals surface area contributed by atoms with Gasteiger partial charge in [0.15, 0.2) is 6.10 Å². The lowest BCUT2D eigenvalue weighted by Gasteiger charge is -2.24. The van der Waals surface area contributed by atoms with E-state index in [4.69, 9.17) is 9.79 Å². The highest BCUT2D eigenvalue weighted by Crippen LogP contribution is 2.44. The molecule has 0 spiro atoms. The van der Waals surface area contributed by atoms with Crippen molar-refractivity contribution in [3.63, 3.8) is 0 Å². The first-order valence-electron chi connectivity index (χ1n) is 10.7. The lowest BCUT2D eigenvalue weighted by molar-refractivity contribution is -0.219. The van der Waals surface area contributed by atoms with Crippen molar-refractivity contribution in [1.29, 1.82) is 0 Å². The molecule has 3 aromatic rings. The number of carbonyl (C=O) groups is 1. The van der Waals surface area contributed by atoms with Gasteiger partial charge in [0, 0.05) is 17.3 Å². The van der Waals surface area contributed by atoms with Gasteiger partial charge in [-0.3, -0.25) is 14.4 Å². The van der Waals surface area contributed by atoms with E-state index in [9.17, 15) is 26.9 Å². The second-order valence-corrected chi connectivity index (χ2v) is 9.54. The van der Waals surface area contributed by atoms with Crippen molar-refractivity contribution in [2.75, 3.05) is 11.4 Å². The number of aromatic nitrogens is 5. The summed E-state index contributed by atoms with van der Waals surface area (Å²) in [4.78, 5) is 36.3. The van der Waals surface area contributed by atoms with Crippen LogP contribution in [0.4, 0.5) is 28.0 Å². The van der Waals surface area contributed by atoms with Crippen molar-refractivity contribution in [1.82, 2.24) is 25.2 Å². The number of phosphoric ester groups is 1. The van der Waals surface area contributed by atoms with Crippen LogP contribution in [-0.2, 0) is 13.8 Å². The summed E-state index contributed by atoms with van der Waals surface area (Å²) in [6, 6.07) is 6.91. The Morgan fingerprint density at radius 3 is 2.54 bits per heavy atom. The Labute approximate surface area is 205 Å². The summed E-state index contributed by atoms with van der Waals surface area (Å²) in [7, 11) is -5.56. The summed E-state index contributed by atoms with van der Waals surface area (Å²) in [5.41, 5.74) is 0.766. The summed E-state index contributed by atoms with van der Waals surface area (Å²) >= 11 is 0. The topological polar surface area (TPSA) is 153 Å². The molecular weight excluding hydrogens is 527 g/mol. The fraction of sp³-hybridized carbons (Fsp3) is 0.350. The van der Waals surface area contributed by atoms with Gasteiger partial charge in [0.05, 0.1) is 18.3 Å². The van der Waals surface area contributed by atoms with Crippen molar-refractivity contribution >= 4 is 19.6 Å². The molecule has 2 aromatic heterocycles. The van der Waals surface area contributed by atoms with Crippen LogP contribution in [0.3, 0.4) is 0 Å². The molecule has 17 heteroatoms. The van der Waals surface area contributed by atoms with Crippen LogP contribution in [0.5, 0.6) is 0 Å². The third-order valence-electron chi connectivity index (χ3n) is 5.62. The summed E-state index contributed by atoms with van der Waals surface area (Å²) in [5.74, 6) is -0.490. The van der Waals surface area contributed by atoms with E-state index in [1.54, 1.807) is 12.1 Å². The van der Waals surface area contributed by atoms with Gasteiger partial charge in [-0.15, -0.1) is 10.2 Å². The van der Waals surface area contributed by atoms with E-state index >= 15 is 0 Å². The number of benzene rings is 1. The molecule has 12 nitrogen and oxygen atoms in total.